The highest BCUT2D eigenvalue weighted by Crippen LogP contribution is 2.34. The van der Waals surface area contributed by atoms with Crippen LogP contribution in [0.3, 0.4) is 0 Å². The van der Waals surface area contributed by atoms with Crippen LogP contribution in [0.2, 0.25) is 0 Å². The van der Waals surface area contributed by atoms with E-state index < -0.39 is 11.7 Å². The monoisotopic (exact) mass is 422 g/mol. The highest BCUT2D eigenvalue weighted by atomic mass is 32.1. The van der Waals surface area contributed by atoms with Crippen molar-refractivity contribution in [3.63, 3.8) is 0 Å². The van der Waals surface area contributed by atoms with Gasteiger partial charge in [0.25, 0.3) is 5.91 Å². The first-order valence-electron chi connectivity index (χ1n) is 8.41. The van der Waals surface area contributed by atoms with Crippen LogP contribution in [0.25, 0.3) is 10.6 Å². The fourth-order valence-electron chi connectivity index (χ4n) is 2.61. The lowest BCUT2D eigenvalue weighted by molar-refractivity contribution is -0.137. The van der Waals surface area contributed by atoms with E-state index in [2.05, 4.69) is 10.3 Å². The van der Waals surface area contributed by atoms with E-state index in [1.54, 1.807) is 25.1 Å². The van der Waals surface area contributed by atoms with Crippen LogP contribution < -0.4 is 14.8 Å². The van der Waals surface area contributed by atoms with Gasteiger partial charge in [0.15, 0.2) is 0 Å². The molecule has 3 rings (SSSR count). The molecule has 9 heteroatoms. The summed E-state index contributed by atoms with van der Waals surface area (Å²) in [6.07, 6.45) is -4.40. The zero-order chi connectivity index (χ0) is 21.2. The molecule has 1 amide bonds. The fraction of sp³-hybridized carbons (Fsp3) is 0.200. The van der Waals surface area contributed by atoms with Gasteiger partial charge in [-0.05, 0) is 31.2 Å². The number of carbonyl (C=O) groups excluding carboxylic acids is 1. The Labute approximate surface area is 169 Å². The first-order chi connectivity index (χ1) is 13.7. The Kier molecular flexibility index (Phi) is 5.78. The topological polar surface area (TPSA) is 60.5 Å². The maximum atomic E-state index is 12.7. The number of methoxy groups -OCH3 is 2. The number of hydrogen-bond donors (Lipinski definition) is 1. The van der Waals surface area contributed by atoms with Crippen LogP contribution in [0.15, 0.2) is 42.5 Å². The summed E-state index contributed by atoms with van der Waals surface area (Å²) in [5.41, 5.74) is 0.711. The van der Waals surface area contributed by atoms with Crippen molar-refractivity contribution >= 4 is 22.9 Å². The summed E-state index contributed by atoms with van der Waals surface area (Å²) >= 11 is 1.10. The second-order valence-corrected chi connectivity index (χ2v) is 7.03. The molecule has 0 saturated heterocycles. The number of benzene rings is 2. The van der Waals surface area contributed by atoms with Crippen LogP contribution in [-0.4, -0.2) is 25.1 Å². The van der Waals surface area contributed by atoms with Crippen molar-refractivity contribution in [2.75, 3.05) is 19.5 Å². The average Bonchev–Trinajstić information content (AvgIpc) is 3.09. The molecule has 1 N–H and O–H groups in total. The standard InChI is InChI=1S/C20H17F3N2O3S/c1-11-17(18(26)25-15-9-8-14(27-2)10-16(15)28-3)29-19(24-11)12-4-6-13(7-5-12)20(21,22)23/h4-10H,1-3H3,(H,25,26). The van der Waals surface area contributed by atoms with E-state index in [1.165, 1.54) is 26.4 Å². The van der Waals surface area contributed by atoms with Gasteiger partial charge in [-0.3, -0.25) is 4.79 Å². The van der Waals surface area contributed by atoms with Crippen molar-refractivity contribution in [2.24, 2.45) is 0 Å². The van der Waals surface area contributed by atoms with Gasteiger partial charge in [0.05, 0.1) is 31.2 Å². The van der Waals surface area contributed by atoms with E-state index in [0.29, 0.717) is 38.3 Å². The van der Waals surface area contributed by atoms with Crippen LogP contribution >= 0.6 is 11.3 Å². The molecule has 3 aromatic rings. The van der Waals surface area contributed by atoms with E-state index in [9.17, 15) is 18.0 Å². The van der Waals surface area contributed by atoms with Gasteiger partial charge in [-0.25, -0.2) is 4.98 Å². The molecule has 0 spiro atoms. The molecule has 0 saturated carbocycles. The third-order valence-corrected chi connectivity index (χ3v) is 5.32. The Morgan fingerprint density at radius 3 is 2.34 bits per heavy atom. The van der Waals surface area contributed by atoms with Gasteiger partial charge < -0.3 is 14.8 Å². The number of ether oxygens (including phenoxy) is 2. The molecule has 2 aromatic carbocycles. The predicted molar refractivity (Wildman–Crippen MR) is 105 cm³/mol. The molecule has 0 aliphatic rings. The minimum Gasteiger partial charge on any atom is -0.497 e. The molecule has 152 valence electrons. The summed E-state index contributed by atoms with van der Waals surface area (Å²) in [5, 5.41) is 3.23. The van der Waals surface area contributed by atoms with Gasteiger partial charge in [0.2, 0.25) is 0 Å². The lowest BCUT2D eigenvalue weighted by Gasteiger charge is -2.11. The van der Waals surface area contributed by atoms with Gasteiger partial charge in [-0.1, -0.05) is 12.1 Å². The Hall–Kier alpha value is -3.07. The fourth-order valence-corrected chi connectivity index (χ4v) is 3.58. The van der Waals surface area contributed by atoms with Gasteiger partial charge in [0.1, 0.15) is 21.4 Å². The van der Waals surface area contributed by atoms with Gasteiger partial charge in [-0.15, -0.1) is 11.3 Å². The number of aromatic nitrogens is 1. The number of nitrogens with one attached hydrogen (secondary N) is 1. The third-order valence-electron chi connectivity index (χ3n) is 4.12. The smallest absolute Gasteiger partial charge is 0.416 e. The van der Waals surface area contributed by atoms with Gasteiger partial charge >= 0.3 is 6.18 Å². The number of rotatable bonds is 5. The van der Waals surface area contributed by atoms with Crippen molar-refractivity contribution in [1.29, 1.82) is 0 Å². The van der Waals surface area contributed by atoms with E-state index in [1.807, 2.05) is 0 Å². The average molecular weight is 422 g/mol. The van der Waals surface area contributed by atoms with Crippen LogP contribution in [0.5, 0.6) is 11.5 Å². The van der Waals surface area contributed by atoms with E-state index >= 15 is 0 Å². The molecule has 0 bridgehead atoms. The van der Waals surface area contributed by atoms with Crippen LogP contribution in [0.1, 0.15) is 20.9 Å². The Balaban J connectivity index is 1.84. The summed E-state index contributed by atoms with van der Waals surface area (Å²) < 4.78 is 48.6. The number of halogens is 3. The minimum absolute atomic E-state index is 0.359. The zero-order valence-corrected chi connectivity index (χ0v) is 16.6. The molecular formula is C20H17F3N2O3S. The van der Waals surface area contributed by atoms with E-state index in [0.717, 1.165) is 23.5 Å². The van der Waals surface area contributed by atoms with Crippen molar-refractivity contribution < 1.29 is 27.4 Å². The van der Waals surface area contributed by atoms with Crippen molar-refractivity contribution in [2.45, 2.75) is 13.1 Å². The summed E-state index contributed by atoms with van der Waals surface area (Å²) in [5.74, 6) is 0.628. The second-order valence-electron chi connectivity index (χ2n) is 6.03. The molecule has 1 aromatic heterocycles. The lowest BCUT2D eigenvalue weighted by Crippen LogP contribution is -2.12. The van der Waals surface area contributed by atoms with Gasteiger partial charge in [-0.2, -0.15) is 13.2 Å². The molecule has 0 atom stereocenters. The zero-order valence-electron chi connectivity index (χ0n) is 15.8. The molecule has 1 heterocycles. The van der Waals surface area contributed by atoms with E-state index in [4.69, 9.17) is 9.47 Å². The number of alkyl halides is 3. The quantitative estimate of drug-likeness (QED) is 0.598. The first-order valence-corrected chi connectivity index (χ1v) is 9.23. The minimum atomic E-state index is -4.40. The summed E-state index contributed by atoms with van der Waals surface area (Å²) in [7, 11) is 3.00. The lowest BCUT2D eigenvalue weighted by atomic mass is 10.1. The van der Waals surface area contributed by atoms with Crippen molar-refractivity contribution in [3.8, 4) is 22.1 Å². The van der Waals surface area contributed by atoms with Crippen molar-refractivity contribution in [1.82, 2.24) is 4.98 Å². The Morgan fingerprint density at radius 2 is 1.76 bits per heavy atom. The normalized spacial score (nSPS) is 11.2. The van der Waals surface area contributed by atoms with Crippen molar-refractivity contribution in [3.05, 3.63) is 58.6 Å². The Bertz CT molecular complexity index is 1030. The Morgan fingerprint density at radius 1 is 1.07 bits per heavy atom. The highest BCUT2D eigenvalue weighted by molar-refractivity contribution is 7.17. The SMILES string of the molecule is COc1ccc(NC(=O)c2sc(-c3ccc(C(F)(F)F)cc3)nc2C)c(OC)c1. The maximum absolute atomic E-state index is 12.7. The number of anilines is 1. The summed E-state index contributed by atoms with van der Waals surface area (Å²) in [6.45, 7) is 1.67. The molecule has 0 unspecified atom stereocenters. The predicted octanol–water partition coefficient (Wildman–Crippen LogP) is 5.41. The summed E-state index contributed by atoms with van der Waals surface area (Å²) in [6, 6.07) is 9.66. The second kappa shape index (κ2) is 8.12. The number of amides is 1. The van der Waals surface area contributed by atoms with Crippen LogP contribution in [0.4, 0.5) is 18.9 Å². The largest absolute Gasteiger partial charge is 0.497 e. The maximum Gasteiger partial charge on any atom is 0.416 e. The van der Waals surface area contributed by atoms with Crippen LogP contribution in [-0.2, 0) is 6.18 Å². The number of thiazole rings is 1. The van der Waals surface area contributed by atoms with E-state index in [-0.39, 0.29) is 5.91 Å². The first kappa shape index (κ1) is 20.7. The molecular weight excluding hydrogens is 405 g/mol. The third kappa shape index (κ3) is 4.51. The summed E-state index contributed by atoms with van der Waals surface area (Å²) in [4.78, 5) is 17.4. The highest BCUT2D eigenvalue weighted by Gasteiger charge is 2.30. The number of aryl methyl sites for hydroxylation is 1. The molecule has 29 heavy (non-hydrogen) atoms. The number of carbonyl (C=O) groups is 1. The molecule has 0 aliphatic heterocycles. The molecule has 0 radical (unpaired) electrons. The molecule has 0 fully saturated rings. The van der Waals surface area contributed by atoms with Gasteiger partial charge in [0, 0.05) is 11.6 Å². The van der Waals surface area contributed by atoms with Crippen LogP contribution in [0, 0.1) is 6.92 Å². The number of hydrogen-bond acceptors (Lipinski definition) is 5. The number of nitrogens with zero attached hydrogens (tertiary/aromatic N) is 1. The molecule has 0 aliphatic carbocycles. The molecule has 5 nitrogen and oxygen atoms in total.